The molecule has 0 atom stereocenters. The third-order valence-electron chi connectivity index (χ3n) is 3.53. The molecule has 84 valence electrons. The van der Waals surface area contributed by atoms with Crippen molar-refractivity contribution >= 4 is 11.9 Å². The molecule has 1 saturated heterocycles. The van der Waals surface area contributed by atoms with Crippen molar-refractivity contribution in [2.45, 2.75) is 33.1 Å². The van der Waals surface area contributed by atoms with Crippen LogP contribution in [0.5, 0.6) is 0 Å². The van der Waals surface area contributed by atoms with Crippen LogP contribution in [0.15, 0.2) is 0 Å². The summed E-state index contributed by atoms with van der Waals surface area (Å²) in [5, 5.41) is 9.02. The molecule has 0 bridgehead atoms. The molecule has 1 saturated carbocycles. The third kappa shape index (κ3) is 1.62. The van der Waals surface area contributed by atoms with Gasteiger partial charge >= 0.3 is 5.97 Å². The van der Waals surface area contributed by atoms with Crippen LogP contribution in [0.4, 0.5) is 0 Å². The molecule has 0 radical (unpaired) electrons. The fraction of sp³-hybridized carbons (Fsp3) is 0.818. The summed E-state index contributed by atoms with van der Waals surface area (Å²) in [7, 11) is 0. The van der Waals surface area contributed by atoms with Crippen molar-refractivity contribution < 1.29 is 14.7 Å². The Bertz CT molecular complexity index is 318. The molecule has 1 N–H and O–H groups in total. The molecule has 0 aromatic carbocycles. The molecule has 0 aromatic rings. The Balaban J connectivity index is 2.07. The Hall–Kier alpha value is -1.06. The highest BCUT2D eigenvalue weighted by Crippen LogP contribution is 2.48. The van der Waals surface area contributed by atoms with Gasteiger partial charge in [0.2, 0.25) is 5.91 Å². The number of hydrogen-bond donors (Lipinski definition) is 1. The smallest absolute Gasteiger partial charge is 0.319 e. The monoisotopic (exact) mass is 211 g/mol. The van der Waals surface area contributed by atoms with Gasteiger partial charge in [-0.25, -0.2) is 0 Å². The zero-order chi connectivity index (χ0) is 11.3. The van der Waals surface area contributed by atoms with Gasteiger partial charge in [0.05, 0.1) is 0 Å². The molecule has 2 rings (SSSR count). The number of carboxylic acid groups (broad SMARTS) is 1. The molecular formula is C11H17NO3. The van der Waals surface area contributed by atoms with E-state index in [2.05, 4.69) is 13.8 Å². The first kappa shape index (κ1) is 10.5. The van der Waals surface area contributed by atoms with Crippen molar-refractivity contribution in [2.24, 2.45) is 10.8 Å². The minimum Gasteiger partial charge on any atom is -0.480 e. The van der Waals surface area contributed by atoms with E-state index < -0.39 is 11.4 Å². The average Bonchev–Trinajstić information content (AvgIpc) is 2.86. The van der Waals surface area contributed by atoms with Crippen molar-refractivity contribution in [1.82, 2.24) is 4.90 Å². The average molecular weight is 211 g/mol. The summed E-state index contributed by atoms with van der Waals surface area (Å²) >= 11 is 0. The molecule has 0 unspecified atom stereocenters. The molecule has 4 heteroatoms. The molecule has 2 aliphatic rings. The van der Waals surface area contributed by atoms with Gasteiger partial charge in [-0.15, -0.1) is 0 Å². The third-order valence-corrected chi connectivity index (χ3v) is 3.53. The minimum atomic E-state index is -1.06. The second-order valence-electron chi connectivity index (χ2n) is 5.53. The number of nitrogens with zero attached hydrogens (tertiary/aromatic N) is 1. The second-order valence-corrected chi connectivity index (χ2v) is 5.53. The number of rotatable bonds is 2. The van der Waals surface area contributed by atoms with Gasteiger partial charge in [-0.05, 0) is 24.7 Å². The Morgan fingerprint density at radius 3 is 2.13 bits per heavy atom. The number of amides is 1. The molecule has 1 aliphatic carbocycles. The van der Waals surface area contributed by atoms with Gasteiger partial charge in [-0.1, -0.05) is 13.8 Å². The van der Waals surface area contributed by atoms with Crippen LogP contribution in [0, 0.1) is 10.8 Å². The van der Waals surface area contributed by atoms with Crippen LogP contribution in [0.3, 0.4) is 0 Å². The standard InChI is InChI=1S/C11H17NO3/c1-10(2)5-6-12(7-10)8(13)11(3-4-11)9(14)15/h3-7H2,1-2H3,(H,14,15). The highest BCUT2D eigenvalue weighted by atomic mass is 16.4. The topological polar surface area (TPSA) is 57.6 Å². The summed E-state index contributed by atoms with van der Waals surface area (Å²) in [6.45, 7) is 5.63. The van der Waals surface area contributed by atoms with Gasteiger partial charge in [0.25, 0.3) is 0 Å². The quantitative estimate of drug-likeness (QED) is 0.696. The summed E-state index contributed by atoms with van der Waals surface area (Å²) < 4.78 is 0. The van der Waals surface area contributed by atoms with Crippen molar-refractivity contribution in [3.05, 3.63) is 0 Å². The zero-order valence-electron chi connectivity index (χ0n) is 9.25. The molecule has 15 heavy (non-hydrogen) atoms. The van der Waals surface area contributed by atoms with E-state index >= 15 is 0 Å². The summed E-state index contributed by atoms with van der Waals surface area (Å²) in [6.07, 6.45) is 1.99. The SMILES string of the molecule is CC1(C)CCN(C(=O)C2(C(=O)O)CC2)C1. The predicted molar refractivity (Wildman–Crippen MR) is 54.3 cm³/mol. The van der Waals surface area contributed by atoms with E-state index in [9.17, 15) is 9.59 Å². The van der Waals surface area contributed by atoms with E-state index in [-0.39, 0.29) is 11.3 Å². The lowest BCUT2D eigenvalue weighted by Crippen LogP contribution is -2.40. The Morgan fingerprint density at radius 2 is 1.80 bits per heavy atom. The van der Waals surface area contributed by atoms with Gasteiger partial charge < -0.3 is 10.0 Å². The van der Waals surface area contributed by atoms with Crippen LogP contribution in [-0.4, -0.2) is 35.0 Å². The lowest BCUT2D eigenvalue weighted by Gasteiger charge is -2.22. The van der Waals surface area contributed by atoms with E-state index in [1.54, 1.807) is 4.90 Å². The maximum absolute atomic E-state index is 12.0. The number of carbonyl (C=O) groups excluding carboxylic acids is 1. The number of hydrogen-bond acceptors (Lipinski definition) is 2. The lowest BCUT2D eigenvalue weighted by molar-refractivity contribution is -0.153. The highest BCUT2D eigenvalue weighted by Gasteiger charge is 2.59. The second kappa shape index (κ2) is 2.97. The first-order chi connectivity index (χ1) is 6.87. The van der Waals surface area contributed by atoms with Crippen LogP contribution >= 0.6 is 0 Å². The normalized spacial score (nSPS) is 26.4. The predicted octanol–water partition coefficient (Wildman–Crippen LogP) is 1.11. The van der Waals surface area contributed by atoms with Crippen molar-refractivity contribution in [3.8, 4) is 0 Å². The largest absolute Gasteiger partial charge is 0.480 e. The molecule has 2 fully saturated rings. The maximum Gasteiger partial charge on any atom is 0.319 e. The molecule has 1 aliphatic heterocycles. The minimum absolute atomic E-state index is 0.143. The lowest BCUT2D eigenvalue weighted by atomic mass is 9.93. The van der Waals surface area contributed by atoms with Crippen LogP contribution in [0.1, 0.15) is 33.1 Å². The van der Waals surface area contributed by atoms with Crippen molar-refractivity contribution in [2.75, 3.05) is 13.1 Å². The molecular weight excluding hydrogens is 194 g/mol. The Labute approximate surface area is 89.3 Å². The molecule has 1 amide bonds. The van der Waals surface area contributed by atoms with E-state index in [4.69, 9.17) is 5.11 Å². The van der Waals surface area contributed by atoms with E-state index in [0.29, 0.717) is 25.9 Å². The first-order valence-electron chi connectivity index (χ1n) is 5.40. The van der Waals surface area contributed by atoms with Gasteiger partial charge in [0.1, 0.15) is 5.41 Å². The number of carbonyl (C=O) groups is 2. The summed E-state index contributed by atoms with van der Waals surface area (Å²) in [6, 6.07) is 0. The van der Waals surface area contributed by atoms with Crippen LogP contribution in [0.25, 0.3) is 0 Å². The van der Waals surface area contributed by atoms with Gasteiger partial charge in [-0.2, -0.15) is 0 Å². The zero-order valence-corrected chi connectivity index (χ0v) is 9.25. The summed E-state index contributed by atoms with van der Waals surface area (Å²) in [5.41, 5.74) is -0.912. The van der Waals surface area contributed by atoms with Crippen LogP contribution in [0.2, 0.25) is 0 Å². The van der Waals surface area contributed by atoms with Crippen molar-refractivity contribution in [3.63, 3.8) is 0 Å². The van der Waals surface area contributed by atoms with E-state index in [0.717, 1.165) is 6.42 Å². The summed E-state index contributed by atoms with van der Waals surface area (Å²) in [4.78, 5) is 24.7. The Morgan fingerprint density at radius 1 is 1.20 bits per heavy atom. The van der Waals surface area contributed by atoms with E-state index in [1.165, 1.54) is 0 Å². The Kier molecular flexibility index (Phi) is 2.07. The number of likely N-dealkylation sites (tertiary alicyclic amines) is 1. The molecule has 0 aromatic heterocycles. The van der Waals surface area contributed by atoms with Gasteiger partial charge in [-0.3, -0.25) is 9.59 Å². The first-order valence-corrected chi connectivity index (χ1v) is 5.40. The number of aliphatic carboxylic acids is 1. The van der Waals surface area contributed by atoms with Gasteiger partial charge in [0, 0.05) is 13.1 Å². The fourth-order valence-corrected chi connectivity index (χ4v) is 2.23. The molecule has 4 nitrogen and oxygen atoms in total. The van der Waals surface area contributed by atoms with E-state index in [1.807, 2.05) is 0 Å². The highest BCUT2D eigenvalue weighted by molar-refractivity contribution is 6.04. The summed E-state index contributed by atoms with van der Waals surface area (Å²) in [5.74, 6) is -1.11. The number of carboxylic acids is 1. The fourth-order valence-electron chi connectivity index (χ4n) is 2.23. The molecule has 0 spiro atoms. The maximum atomic E-state index is 12.0. The molecule has 1 heterocycles. The van der Waals surface area contributed by atoms with Crippen LogP contribution in [-0.2, 0) is 9.59 Å². The van der Waals surface area contributed by atoms with Crippen molar-refractivity contribution in [1.29, 1.82) is 0 Å². The van der Waals surface area contributed by atoms with Gasteiger partial charge in [0.15, 0.2) is 0 Å². The van der Waals surface area contributed by atoms with Crippen LogP contribution < -0.4 is 0 Å².